The Kier molecular flexibility index (Phi) is 5.45. The highest BCUT2D eigenvalue weighted by Crippen LogP contribution is 2.30. The van der Waals surface area contributed by atoms with Crippen LogP contribution >= 0.6 is 15.9 Å². The van der Waals surface area contributed by atoms with Crippen LogP contribution in [0.25, 0.3) is 0 Å². The first-order valence-corrected chi connectivity index (χ1v) is 7.72. The Hall–Kier alpha value is -1.42. The third-order valence-corrected chi connectivity index (χ3v) is 3.92. The van der Waals surface area contributed by atoms with Crippen molar-refractivity contribution in [2.24, 2.45) is 0 Å². The van der Waals surface area contributed by atoms with Crippen molar-refractivity contribution in [1.29, 1.82) is 0 Å². The van der Waals surface area contributed by atoms with E-state index >= 15 is 0 Å². The zero-order valence-electron chi connectivity index (χ0n) is 12.5. The average molecular weight is 397 g/mol. The Bertz CT molecular complexity index is 555. The van der Waals surface area contributed by atoms with E-state index in [9.17, 15) is 18.0 Å². The van der Waals surface area contributed by atoms with Crippen molar-refractivity contribution >= 4 is 22.0 Å². The molecule has 23 heavy (non-hydrogen) atoms. The maximum atomic E-state index is 12.9. The van der Waals surface area contributed by atoms with Gasteiger partial charge in [0.2, 0.25) is 0 Å². The number of urea groups is 1. The second-order valence-electron chi connectivity index (χ2n) is 5.20. The molecule has 0 aliphatic carbocycles. The zero-order chi connectivity index (χ0) is 17.2. The minimum atomic E-state index is -4.52. The Morgan fingerprint density at radius 3 is 2.65 bits per heavy atom. The van der Waals surface area contributed by atoms with Crippen LogP contribution in [0.5, 0.6) is 0 Å². The van der Waals surface area contributed by atoms with Crippen LogP contribution in [-0.4, -0.2) is 52.4 Å². The van der Waals surface area contributed by atoms with Crippen molar-refractivity contribution in [2.45, 2.75) is 38.2 Å². The Labute approximate surface area is 139 Å². The number of hydrogen-bond acceptors (Lipinski definition) is 4. The summed E-state index contributed by atoms with van der Waals surface area (Å²) in [5.41, 5.74) is 0. The minimum Gasteiger partial charge on any atom is -0.365 e. The summed E-state index contributed by atoms with van der Waals surface area (Å²) in [5, 5.41) is 2.61. The van der Waals surface area contributed by atoms with Crippen LogP contribution in [0, 0.1) is 0 Å². The van der Waals surface area contributed by atoms with Gasteiger partial charge in [0.1, 0.15) is 5.82 Å². The molecule has 10 heteroatoms. The van der Waals surface area contributed by atoms with Gasteiger partial charge in [-0.1, -0.05) is 0 Å². The van der Waals surface area contributed by atoms with Crippen molar-refractivity contribution in [3.05, 3.63) is 22.7 Å². The molecule has 0 bridgehead atoms. The van der Waals surface area contributed by atoms with E-state index < -0.39 is 30.4 Å². The van der Waals surface area contributed by atoms with Crippen molar-refractivity contribution in [1.82, 2.24) is 20.2 Å². The predicted molar refractivity (Wildman–Crippen MR) is 78.6 cm³/mol. The van der Waals surface area contributed by atoms with Crippen molar-refractivity contribution in [3.63, 3.8) is 0 Å². The number of nitrogens with one attached hydrogen (secondary N) is 1. The molecular weight excluding hydrogens is 381 g/mol. The molecule has 1 aliphatic rings. The van der Waals surface area contributed by atoms with Gasteiger partial charge in [0.25, 0.3) is 0 Å². The zero-order valence-corrected chi connectivity index (χ0v) is 14.1. The summed E-state index contributed by atoms with van der Waals surface area (Å²) >= 11 is 3.20. The standard InChI is InChI=1S/C13H16BrF3N4O2/c1-7(11-18-5-9(14)6-19-11)20-12(22)21-3-4-23-10(8(21)2)13(15,16)17/h5-8,10H,3-4H2,1-2H3,(H,20,22). The van der Waals surface area contributed by atoms with Crippen LogP contribution in [0.2, 0.25) is 0 Å². The smallest absolute Gasteiger partial charge is 0.365 e. The largest absolute Gasteiger partial charge is 0.416 e. The van der Waals surface area contributed by atoms with E-state index in [1.807, 2.05) is 0 Å². The van der Waals surface area contributed by atoms with Crippen LogP contribution in [0.1, 0.15) is 25.7 Å². The lowest BCUT2D eigenvalue weighted by Crippen LogP contribution is -2.59. The number of nitrogens with zero attached hydrogens (tertiary/aromatic N) is 3. The van der Waals surface area contributed by atoms with E-state index in [2.05, 4.69) is 31.2 Å². The van der Waals surface area contributed by atoms with Crippen LogP contribution in [0.3, 0.4) is 0 Å². The predicted octanol–water partition coefficient (Wildman–Crippen LogP) is 2.66. The lowest BCUT2D eigenvalue weighted by molar-refractivity contribution is -0.246. The first-order valence-electron chi connectivity index (χ1n) is 6.93. The fourth-order valence-corrected chi connectivity index (χ4v) is 2.52. The highest BCUT2D eigenvalue weighted by atomic mass is 79.9. The van der Waals surface area contributed by atoms with Crippen molar-refractivity contribution in [2.75, 3.05) is 13.2 Å². The molecule has 6 nitrogen and oxygen atoms in total. The van der Waals surface area contributed by atoms with E-state index in [1.165, 1.54) is 19.3 Å². The summed E-state index contributed by atoms with van der Waals surface area (Å²) in [5.74, 6) is 0.370. The summed E-state index contributed by atoms with van der Waals surface area (Å²) in [7, 11) is 0. The molecule has 1 aliphatic heterocycles. The molecule has 3 unspecified atom stereocenters. The van der Waals surface area contributed by atoms with Gasteiger partial charge < -0.3 is 15.0 Å². The number of amides is 2. The maximum absolute atomic E-state index is 12.9. The molecule has 1 aromatic heterocycles. The van der Waals surface area contributed by atoms with Crippen LogP contribution in [-0.2, 0) is 4.74 Å². The number of ether oxygens (including phenoxy) is 1. The third kappa shape index (κ3) is 4.31. The highest BCUT2D eigenvalue weighted by Gasteiger charge is 2.49. The molecule has 128 valence electrons. The Morgan fingerprint density at radius 1 is 1.48 bits per heavy atom. The van der Waals surface area contributed by atoms with Gasteiger partial charge in [-0.2, -0.15) is 13.2 Å². The van der Waals surface area contributed by atoms with Gasteiger partial charge in [0, 0.05) is 18.9 Å². The number of alkyl halides is 3. The van der Waals surface area contributed by atoms with Crippen molar-refractivity contribution in [3.8, 4) is 0 Å². The number of halogens is 4. The number of aromatic nitrogens is 2. The molecule has 1 saturated heterocycles. The van der Waals surface area contributed by atoms with Gasteiger partial charge in [-0.25, -0.2) is 14.8 Å². The molecule has 3 atom stereocenters. The van der Waals surface area contributed by atoms with E-state index in [0.717, 1.165) is 4.90 Å². The Balaban J connectivity index is 2.03. The molecule has 1 N–H and O–H groups in total. The fraction of sp³-hybridized carbons (Fsp3) is 0.615. The summed E-state index contributed by atoms with van der Waals surface area (Å²) in [6, 6.07) is -2.24. The monoisotopic (exact) mass is 396 g/mol. The average Bonchev–Trinajstić information content (AvgIpc) is 2.46. The normalized spacial score (nSPS) is 23.5. The number of carbonyl (C=O) groups is 1. The third-order valence-electron chi connectivity index (χ3n) is 3.51. The number of hydrogen-bond donors (Lipinski definition) is 1. The molecular formula is C13H16BrF3N4O2. The van der Waals surface area contributed by atoms with E-state index in [0.29, 0.717) is 10.3 Å². The quantitative estimate of drug-likeness (QED) is 0.834. The summed E-state index contributed by atoms with van der Waals surface area (Å²) in [4.78, 5) is 21.5. The van der Waals surface area contributed by atoms with E-state index in [1.54, 1.807) is 6.92 Å². The molecule has 2 rings (SSSR count). The summed E-state index contributed by atoms with van der Waals surface area (Å²) in [6.45, 7) is 2.91. The highest BCUT2D eigenvalue weighted by molar-refractivity contribution is 9.10. The first-order chi connectivity index (χ1) is 10.7. The summed E-state index contributed by atoms with van der Waals surface area (Å²) < 4.78 is 44.1. The fourth-order valence-electron chi connectivity index (χ4n) is 2.32. The van der Waals surface area contributed by atoms with Gasteiger partial charge in [0.05, 0.1) is 23.2 Å². The molecule has 0 aromatic carbocycles. The van der Waals surface area contributed by atoms with Crippen LogP contribution < -0.4 is 5.32 Å². The lowest BCUT2D eigenvalue weighted by Gasteiger charge is -2.40. The van der Waals surface area contributed by atoms with Crippen molar-refractivity contribution < 1.29 is 22.7 Å². The van der Waals surface area contributed by atoms with Gasteiger partial charge >= 0.3 is 12.2 Å². The second kappa shape index (κ2) is 7.00. The van der Waals surface area contributed by atoms with Gasteiger partial charge in [-0.3, -0.25) is 0 Å². The summed E-state index contributed by atoms with van der Waals surface area (Å²) in [6.07, 6.45) is -3.44. The molecule has 2 amide bonds. The van der Waals surface area contributed by atoms with Gasteiger partial charge in [-0.15, -0.1) is 0 Å². The second-order valence-corrected chi connectivity index (χ2v) is 6.11. The van der Waals surface area contributed by atoms with Gasteiger partial charge in [0.15, 0.2) is 6.10 Å². The molecule has 2 heterocycles. The number of rotatable bonds is 2. The molecule has 1 aromatic rings. The molecule has 0 saturated carbocycles. The number of carbonyl (C=O) groups excluding carboxylic acids is 1. The SMILES string of the molecule is CC(NC(=O)N1CCOC(C(F)(F)F)C1C)c1ncc(Br)cn1. The molecule has 0 spiro atoms. The van der Waals surface area contributed by atoms with Crippen LogP contribution in [0.15, 0.2) is 16.9 Å². The number of morpholine rings is 1. The van der Waals surface area contributed by atoms with Crippen LogP contribution in [0.4, 0.5) is 18.0 Å². The maximum Gasteiger partial charge on any atom is 0.416 e. The topological polar surface area (TPSA) is 67.4 Å². The first kappa shape index (κ1) is 17.9. The van der Waals surface area contributed by atoms with Gasteiger partial charge in [-0.05, 0) is 29.8 Å². The van der Waals surface area contributed by atoms with E-state index in [4.69, 9.17) is 4.74 Å². The Morgan fingerprint density at radius 2 is 2.09 bits per heavy atom. The van der Waals surface area contributed by atoms with E-state index in [-0.39, 0.29) is 13.2 Å². The molecule has 0 radical (unpaired) electrons. The lowest BCUT2D eigenvalue weighted by atomic mass is 10.1. The minimum absolute atomic E-state index is 0.0908. The molecule has 1 fully saturated rings.